The van der Waals surface area contributed by atoms with E-state index in [4.69, 9.17) is 0 Å². The minimum Gasteiger partial charge on any atom is -0.347 e. The molecule has 5 heterocycles. The van der Waals surface area contributed by atoms with Gasteiger partial charge in [0, 0.05) is 44.1 Å². The van der Waals surface area contributed by atoms with Gasteiger partial charge in [-0.25, -0.2) is 9.78 Å². The van der Waals surface area contributed by atoms with E-state index in [0.717, 1.165) is 29.4 Å². The Morgan fingerprint density at radius 3 is 2.79 bits per heavy atom. The molecule has 0 saturated carbocycles. The van der Waals surface area contributed by atoms with E-state index in [0.29, 0.717) is 46.3 Å². The fraction of sp³-hybridized carbons (Fsp3) is 0.250. The number of nitrogens with one attached hydrogen (secondary N) is 2. The molecule has 6 rings (SSSR count). The van der Waals surface area contributed by atoms with Crippen molar-refractivity contribution in [3.05, 3.63) is 65.9 Å². The molecule has 1 aromatic carbocycles. The van der Waals surface area contributed by atoms with E-state index in [1.165, 1.54) is 11.3 Å². The summed E-state index contributed by atoms with van der Waals surface area (Å²) in [5, 5.41) is 6.78. The third-order valence-corrected chi connectivity index (χ3v) is 8.08. The van der Waals surface area contributed by atoms with Crippen LogP contribution in [0, 0.1) is 0 Å². The molecular weight excluding hydrogens is 500 g/mol. The predicted octanol–water partition coefficient (Wildman–Crippen LogP) is 5.17. The largest absolute Gasteiger partial charge is 0.347 e. The fourth-order valence-electron chi connectivity index (χ4n) is 5.17. The van der Waals surface area contributed by atoms with Crippen molar-refractivity contribution in [2.75, 3.05) is 23.3 Å². The van der Waals surface area contributed by atoms with Crippen LogP contribution in [0.1, 0.15) is 35.9 Å². The van der Waals surface area contributed by atoms with Gasteiger partial charge in [0.25, 0.3) is 5.91 Å². The second-order valence-corrected chi connectivity index (χ2v) is 10.4. The number of benzene rings is 1. The molecule has 9 nitrogen and oxygen atoms in total. The molecule has 2 N–H and O–H groups in total. The first-order chi connectivity index (χ1) is 18.5. The van der Waals surface area contributed by atoms with Crippen molar-refractivity contribution >= 4 is 56.5 Å². The standard InChI is InChI=1S/C28H26N6O3S/c1-2-22(35)33-14-4-6-19(16-33)31-26(36)25-24-23-21(10-13-30-27(23)38-25)34(28(37)32-24)20-7-3-5-18(15-20)17-8-11-29-12-9-17/h3,5,7-13,15,19H,2,4,6,14,16H2,1H3,(H,31,36)(H,32,37)/t19-/m1/s1. The van der Waals surface area contributed by atoms with E-state index >= 15 is 0 Å². The maximum absolute atomic E-state index is 13.5. The fourth-order valence-corrected chi connectivity index (χ4v) is 6.19. The summed E-state index contributed by atoms with van der Waals surface area (Å²) in [6.07, 6.45) is 7.22. The van der Waals surface area contributed by atoms with Gasteiger partial charge < -0.3 is 15.5 Å². The number of amides is 4. The Kier molecular flexibility index (Phi) is 6.24. The van der Waals surface area contributed by atoms with Gasteiger partial charge in [-0.15, -0.1) is 11.3 Å². The number of pyridine rings is 2. The molecule has 1 saturated heterocycles. The molecule has 1 atom stereocenters. The van der Waals surface area contributed by atoms with Crippen molar-refractivity contribution in [1.29, 1.82) is 0 Å². The van der Waals surface area contributed by atoms with Gasteiger partial charge in [-0.1, -0.05) is 19.1 Å². The Balaban J connectivity index is 1.33. The predicted molar refractivity (Wildman–Crippen MR) is 148 cm³/mol. The van der Waals surface area contributed by atoms with Crippen LogP contribution in [-0.4, -0.2) is 51.8 Å². The van der Waals surface area contributed by atoms with Gasteiger partial charge in [-0.2, -0.15) is 0 Å². The van der Waals surface area contributed by atoms with Crippen LogP contribution in [0.15, 0.2) is 61.1 Å². The third-order valence-electron chi connectivity index (χ3n) is 6.98. The molecule has 10 heteroatoms. The van der Waals surface area contributed by atoms with Crippen LogP contribution in [0.4, 0.5) is 21.9 Å². The molecule has 4 amide bonds. The minimum absolute atomic E-state index is 0.0927. The van der Waals surface area contributed by atoms with Crippen LogP contribution in [0.3, 0.4) is 0 Å². The third kappa shape index (κ3) is 4.26. The highest BCUT2D eigenvalue weighted by atomic mass is 32.1. The number of likely N-dealkylation sites (tertiary alicyclic amines) is 1. The number of anilines is 3. The van der Waals surface area contributed by atoms with Gasteiger partial charge in [0.2, 0.25) is 5.91 Å². The second kappa shape index (κ2) is 9.86. The number of carbonyl (C=O) groups excluding carboxylic acids is 3. The number of piperidine rings is 1. The Morgan fingerprint density at radius 2 is 1.97 bits per heavy atom. The summed E-state index contributed by atoms with van der Waals surface area (Å²) in [5.41, 5.74) is 3.82. The average molecular weight is 527 g/mol. The minimum atomic E-state index is -0.346. The number of nitrogens with zero attached hydrogens (tertiary/aromatic N) is 4. The van der Waals surface area contributed by atoms with Crippen LogP contribution in [-0.2, 0) is 4.79 Å². The molecule has 0 bridgehead atoms. The molecule has 1 fully saturated rings. The van der Waals surface area contributed by atoms with Gasteiger partial charge in [-0.05, 0) is 54.3 Å². The number of carbonyl (C=O) groups is 3. The zero-order valence-corrected chi connectivity index (χ0v) is 21.6. The number of aromatic nitrogens is 2. The SMILES string of the molecule is CCC(=O)N1CCC[C@@H](NC(=O)c2sc3nccc4c3c2NC(=O)N4c2cccc(-c3ccncc3)c2)C1. The molecule has 2 aliphatic rings. The molecule has 38 heavy (non-hydrogen) atoms. The van der Waals surface area contributed by atoms with Gasteiger partial charge in [0.05, 0.1) is 22.4 Å². The van der Waals surface area contributed by atoms with E-state index in [9.17, 15) is 14.4 Å². The van der Waals surface area contributed by atoms with Crippen LogP contribution in [0.2, 0.25) is 0 Å². The van der Waals surface area contributed by atoms with Crippen molar-refractivity contribution in [2.24, 2.45) is 0 Å². The number of thiophene rings is 1. The van der Waals surface area contributed by atoms with Crippen LogP contribution < -0.4 is 15.5 Å². The van der Waals surface area contributed by atoms with Crippen LogP contribution >= 0.6 is 11.3 Å². The molecule has 2 aliphatic heterocycles. The first-order valence-electron chi connectivity index (χ1n) is 12.6. The lowest BCUT2D eigenvalue weighted by molar-refractivity contribution is -0.132. The molecule has 0 unspecified atom stereocenters. The Labute approximate surface area is 223 Å². The molecular formula is C28H26N6O3S. The van der Waals surface area contributed by atoms with E-state index < -0.39 is 0 Å². The Hall–Kier alpha value is -4.31. The maximum Gasteiger partial charge on any atom is 0.331 e. The zero-order valence-electron chi connectivity index (χ0n) is 20.8. The first kappa shape index (κ1) is 24.1. The van der Waals surface area contributed by atoms with Gasteiger partial charge in [0.15, 0.2) is 0 Å². The summed E-state index contributed by atoms with van der Waals surface area (Å²) in [7, 11) is 0. The summed E-state index contributed by atoms with van der Waals surface area (Å²) in [6, 6.07) is 12.9. The summed E-state index contributed by atoms with van der Waals surface area (Å²) in [5.74, 6) is -0.173. The van der Waals surface area contributed by atoms with Crippen molar-refractivity contribution < 1.29 is 14.4 Å². The second-order valence-electron chi connectivity index (χ2n) is 9.37. The van der Waals surface area contributed by atoms with E-state index in [1.54, 1.807) is 29.6 Å². The number of rotatable bonds is 5. The zero-order chi connectivity index (χ0) is 26.2. The lowest BCUT2D eigenvalue weighted by atomic mass is 10.0. The van der Waals surface area contributed by atoms with Crippen molar-refractivity contribution in [2.45, 2.75) is 32.2 Å². The lowest BCUT2D eigenvalue weighted by Crippen LogP contribution is -2.49. The maximum atomic E-state index is 13.5. The van der Waals surface area contributed by atoms with E-state index in [-0.39, 0.29) is 23.9 Å². The number of hydrogen-bond acceptors (Lipinski definition) is 6. The van der Waals surface area contributed by atoms with E-state index in [1.807, 2.05) is 48.2 Å². The molecule has 0 aliphatic carbocycles. The molecule has 0 spiro atoms. The van der Waals surface area contributed by atoms with Crippen molar-refractivity contribution in [3.8, 4) is 11.1 Å². The molecule has 4 aromatic rings. The smallest absolute Gasteiger partial charge is 0.331 e. The van der Waals surface area contributed by atoms with Gasteiger partial charge >= 0.3 is 6.03 Å². The monoisotopic (exact) mass is 526 g/mol. The van der Waals surface area contributed by atoms with Crippen molar-refractivity contribution in [3.63, 3.8) is 0 Å². The Morgan fingerprint density at radius 1 is 1.13 bits per heavy atom. The van der Waals surface area contributed by atoms with Gasteiger partial charge in [0.1, 0.15) is 9.71 Å². The Bertz CT molecular complexity index is 1550. The highest BCUT2D eigenvalue weighted by Gasteiger charge is 2.34. The van der Waals surface area contributed by atoms with Crippen LogP contribution in [0.5, 0.6) is 0 Å². The normalized spacial score (nSPS) is 16.9. The van der Waals surface area contributed by atoms with Crippen LogP contribution in [0.25, 0.3) is 21.3 Å². The molecule has 3 aromatic heterocycles. The topological polar surface area (TPSA) is 108 Å². The molecule has 192 valence electrons. The first-order valence-corrected chi connectivity index (χ1v) is 13.5. The highest BCUT2D eigenvalue weighted by Crippen LogP contribution is 2.46. The summed E-state index contributed by atoms with van der Waals surface area (Å²) in [4.78, 5) is 52.1. The lowest BCUT2D eigenvalue weighted by Gasteiger charge is -2.33. The number of urea groups is 1. The summed E-state index contributed by atoms with van der Waals surface area (Å²) < 4.78 is 0. The molecule has 0 radical (unpaired) electrons. The summed E-state index contributed by atoms with van der Waals surface area (Å²) >= 11 is 1.26. The number of hydrogen-bond donors (Lipinski definition) is 2. The quantitative estimate of drug-likeness (QED) is 0.373. The van der Waals surface area contributed by atoms with Crippen molar-refractivity contribution in [1.82, 2.24) is 20.2 Å². The van der Waals surface area contributed by atoms with E-state index in [2.05, 4.69) is 20.6 Å². The van der Waals surface area contributed by atoms with Gasteiger partial charge in [-0.3, -0.25) is 19.5 Å². The summed E-state index contributed by atoms with van der Waals surface area (Å²) in [6.45, 7) is 3.06. The average Bonchev–Trinajstić information content (AvgIpc) is 3.33. The highest BCUT2D eigenvalue weighted by molar-refractivity contribution is 7.21.